The van der Waals surface area contributed by atoms with Crippen LogP contribution in [0.25, 0.3) is 0 Å². The summed E-state index contributed by atoms with van der Waals surface area (Å²) in [6.45, 7) is 10.7. The van der Waals surface area contributed by atoms with Crippen LogP contribution in [0.4, 0.5) is 0 Å². The third-order valence-electron chi connectivity index (χ3n) is 5.17. The third kappa shape index (κ3) is 4.80. The Morgan fingerprint density at radius 2 is 1.82 bits per heavy atom. The van der Waals surface area contributed by atoms with E-state index in [1.165, 1.54) is 27.8 Å². The molecule has 1 aliphatic rings. The van der Waals surface area contributed by atoms with Crippen LogP contribution in [-0.4, -0.2) is 18.2 Å². The monoisotopic (exact) mass is 378 g/mol. The zero-order chi connectivity index (χ0) is 20.3. The Labute approximate surface area is 168 Å². The largest absolute Gasteiger partial charge is 0.484 e. The number of hydrogen-bond acceptors (Lipinski definition) is 3. The molecule has 0 bridgehead atoms. The number of hydrazone groups is 1. The molecule has 4 nitrogen and oxygen atoms in total. The average molecular weight is 379 g/mol. The van der Waals surface area contributed by atoms with E-state index in [9.17, 15) is 4.79 Å². The van der Waals surface area contributed by atoms with Crippen molar-refractivity contribution < 1.29 is 9.53 Å². The Balaban J connectivity index is 1.61. The minimum absolute atomic E-state index is 0.0503. The number of nitrogens with zero attached hydrogens (tertiary/aromatic N) is 1. The van der Waals surface area contributed by atoms with Crippen molar-refractivity contribution in [2.75, 3.05) is 6.61 Å². The number of rotatable bonds is 4. The van der Waals surface area contributed by atoms with E-state index < -0.39 is 0 Å². The second-order valence-electron chi connectivity index (χ2n) is 8.62. The highest BCUT2D eigenvalue weighted by Crippen LogP contribution is 2.26. The first-order chi connectivity index (χ1) is 13.2. The van der Waals surface area contributed by atoms with E-state index in [1.807, 2.05) is 24.3 Å². The quantitative estimate of drug-likeness (QED) is 0.774. The number of ether oxygens (including phenoxy) is 1. The second-order valence-corrected chi connectivity index (χ2v) is 8.62. The number of benzene rings is 2. The predicted molar refractivity (Wildman–Crippen MR) is 114 cm³/mol. The van der Waals surface area contributed by atoms with E-state index in [1.54, 1.807) is 0 Å². The van der Waals surface area contributed by atoms with Crippen LogP contribution in [0.1, 0.15) is 61.4 Å². The minimum Gasteiger partial charge on any atom is -0.484 e. The molecule has 0 saturated carbocycles. The first-order valence-corrected chi connectivity index (χ1v) is 9.93. The maximum atomic E-state index is 12.2. The van der Waals surface area contributed by atoms with Gasteiger partial charge in [0.1, 0.15) is 5.75 Å². The van der Waals surface area contributed by atoms with Gasteiger partial charge >= 0.3 is 0 Å². The molecule has 0 unspecified atom stereocenters. The number of amides is 1. The second kappa shape index (κ2) is 8.17. The molecule has 1 amide bonds. The first-order valence-electron chi connectivity index (χ1n) is 9.93. The highest BCUT2D eigenvalue weighted by Gasteiger charge is 2.18. The van der Waals surface area contributed by atoms with Crippen LogP contribution in [0, 0.1) is 13.8 Å². The number of aryl methyl sites for hydroxylation is 2. The molecule has 0 heterocycles. The Kier molecular flexibility index (Phi) is 5.87. The van der Waals surface area contributed by atoms with Gasteiger partial charge in [-0.25, -0.2) is 5.43 Å². The predicted octanol–water partition coefficient (Wildman–Crippen LogP) is 4.84. The molecule has 4 heteroatoms. The van der Waals surface area contributed by atoms with E-state index in [2.05, 4.69) is 57.3 Å². The Morgan fingerprint density at radius 1 is 1.11 bits per heavy atom. The molecule has 0 saturated heterocycles. The summed E-state index contributed by atoms with van der Waals surface area (Å²) in [7, 11) is 0. The highest BCUT2D eigenvalue weighted by molar-refractivity contribution is 6.03. The molecule has 0 spiro atoms. The lowest BCUT2D eigenvalue weighted by molar-refractivity contribution is -0.123. The van der Waals surface area contributed by atoms with E-state index >= 15 is 0 Å². The van der Waals surface area contributed by atoms with Crippen molar-refractivity contribution in [2.24, 2.45) is 5.10 Å². The molecule has 3 rings (SSSR count). The highest BCUT2D eigenvalue weighted by atomic mass is 16.5. The van der Waals surface area contributed by atoms with E-state index in [0.717, 1.165) is 25.0 Å². The lowest BCUT2D eigenvalue weighted by Gasteiger charge is -2.20. The van der Waals surface area contributed by atoms with Gasteiger partial charge in [0.25, 0.3) is 5.91 Å². The Bertz CT molecular complexity index is 890. The van der Waals surface area contributed by atoms with E-state index in [4.69, 9.17) is 4.74 Å². The number of carbonyl (C=O) groups excluding carboxylic acids is 1. The summed E-state index contributed by atoms with van der Waals surface area (Å²) in [6, 6.07) is 12.3. The number of carbonyl (C=O) groups is 1. The lowest BCUT2D eigenvalue weighted by Crippen LogP contribution is -2.27. The fourth-order valence-corrected chi connectivity index (χ4v) is 3.63. The third-order valence-corrected chi connectivity index (χ3v) is 5.17. The van der Waals surface area contributed by atoms with E-state index in [0.29, 0.717) is 5.75 Å². The van der Waals surface area contributed by atoms with Gasteiger partial charge in [0.05, 0.1) is 5.71 Å². The smallest absolute Gasteiger partial charge is 0.277 e. The average Bonchev–Trinajstić information content (AvgIpc) is 2.64. The van der Waals surface area contributed by atoms with Crippen LogP contribution in [0.2, 0.25) is 0 Å². The minimum atomic E-state index is -0.246. The van der Waals surface area contributed by atoms with E-state index in [-0.39, 0.29) is 17.9 Å². The van der Waals surface area contributed by atoms with Gasteiger partial charge in [0, 0.05) is 5.56 Å². The van der Waals surface area contributed by atoms with Gasteiger partial charge in [0.15, 0.2) is 6.61 Å². The lowest BCUT2D eigenvalue weighted by atomic mass is 9.86. The summed E-state index contributed by atoms with van der Waals surface area (Å²) in [6.07, 6.45) is 3.01. The van der Waals surface area contributed by atoms with Gasteiger partial charge in [-0.2, -0.15) is 5.10 Å². The topological polar surface area (TPSA) is 50.7 Å². The van der Waals surface area contributed by atoms with Gasteiger partial charge in [-0.15, -0.1) is 0 Å². The Hall–Kier alpha value is -2.62. The summed E-state index contributed by atoms with van der Waals surface area (Å²) in [5.74, 6) is 0.439. The van der Waals surface area contributed by atoms with Crippen LogP contribution < -0.4 is 10.2 Å². The molecule has 28 heavy (non-hydrogen) atoms. The fraction of sp³-hybridized carbons (Fsp3) is 0.417. The summed E-state index contributed by atoms with van der Waals surface area (Å²) in [4.78, 5) is 12.2. The van der Waals surface area contributed by atoms with Crippen LogP contribution in [0.3, 0.4) is 0 Å². The zero-order valence-electron chi connectivity index (χ0n) is 17.6. The van der Waals surface area contributed by atoms with Crippen molar-refractivity contribution in [3.8, 4) is 5.75 Å². The van der Waals surface area contributed by atoms with Gasteiger partial charge in [-0.05, 0) is 73.4 Å². The van der Waals surface area contributed by atoms with Gasteiger partial charge in [-0.3, -0.25) is 4.79 Å². The maximum absolute atomic E-state index is 12.2. The van der Waals surface area contributed by atoms with Crippen LogP contribution in [0.5, 0.6) is 5.75 Å². The van der Waals surface area contributed by atoms with Crippen molar-refractivity contribution in [1.29, 1.82) is 0 Å². The van der Waals surface area contributed by atoms with Crippen molar-refractivity contribution in [3.63, 3.8) is 0 Å². The molecule has 1 N–H and O–H groups in total. The number of nitrogens with one attached hydrogen (secondary N) is 1. The summed E-state index contributed by atoms with van der Waals surface area (Å²) < 4.78 is 5.60. The van der Waals surface area contributed by atoms with Gasteiger partial charge in [-0.1, -0.05) is 44.5 Å². The van der Waals surface area contributed by atoms with Crippen LogP contribution in [0.15, 0.2) is 41.5 Å². The molecular formula is C24H30N2O2. The SMILES string of the molecule is Cc1cc(C)c2c(c1)/C(=N\NC(=O)COc1ccc(C(C)(C)C)cc1)CCC2. The number of fused-ring (bicyclic) bond motifs is 1. The molecule has 0 aliphatic heterocycles. The fourth-order valence-electron chi connectivity index (χ4n) is 3.63. The van der Waals surface area contributed by atoms with Crippen molar-refractivity contribution >= 4 is 11.6 Å². The molecule has 1 aliphatic carbocycles. The maximum Gasteiger partial charge on any atom is 0.277 e. The molecule has 2 aromatic carbocycles. The molecule has 0 aromatic heterocycles. The van der Waals surface area contributed by atoms with Crippen molar-refractivity contribution in [1.82, 2.24) is 5.43 Å². The molecule has 0 radical (unpaired) electrons. The van der Waals surface area contributed by atoms with Crippen LogP contribution in [-0.2, 0) is 16.6 Å². The standard InChI is InChI=1S/C24H30N2O2/c1-16-13-17(2)20-7-6-8-22(21(20)14-16)25-26-23(27)15-28-19-11-9-18(10-12-19)24(3,4)5/h9-14H,6-8,15H2,1-5H3,(H,26,27)/b25-22-. The first kappa shape index (κ1) is 20.1. The Morgan fingerprint density at radius 3 is 2.50 bits per heavy atom. The van der Waals surface area contributed by atoms with Crippen LogP contribution >= 0.6 is 0 Å². The molecule has 148 valence electrons. The molecular weight excluding hydrogens is 348 g/mol. The summed E-state index contributed by atoms with van der Waals surface area (Å²) >= 11 is 0. The van der Waals surface area contributed by atoms with Crippen molar-refractivity contribution in [2.45, 2.75) is 59.3 Å². The summed E-state index contributed by atoms with van der Waals surface area (Å²) in [5, 5.41) is 4.40. The normalized spacial score (nSPS) is 15.2. The van der Waals surface area contributed by atoms with Gasteiger partial charge < -0.3 is 4.74 Å². The summed E-state index contributed by atoms with van der Waals surface area (Å²) in [5.41, 5.74) is 9.99. The van der Waals surface area contributed by atoms with Gasteiger partial charge in [0.2, 0.25) is 0 Å². The molecule has 2 aromatic rings. The zero-order valence-corrected chi connectivity index (χ0v) is 17.6. The number of hydrogen-bond donors (Lipinski definition) is 1. The van der Waals surface area contributed by atoms with Crippen molar-refractivity contribution in [3.05, 3.63) is 64.2 Å². The molecule has 0 fully saturated rings. The molecule has 0 atom stereocenters.